The van der Waals surface area contributed by atoms with Crippen LogP contribution in [-0.4, -0.2) is 22.7 Å². The second kappa shape index (κ2) is 4.55. The summed E-state index contributed by atoms with van der Waals surface area (Å²) in [6.45, 7) is 2.31. The van der Waals surface area contributed by atoms with Crippen LogP contribution < -0.4 is 16.0 Å². The van der Waals surface area contributed by atoms with Crippen LogP contribution in [0.2, 0.25) is 0 Å². The van der Waals surface area contributed by atoms with Gasteiger partial charge in [-0.3, -0.25) is 9.36 Å². The molecule has 1 aromatic carbocycles. The van der Waals surface area contributed by atoms with Crippen molar-refractivity contribution in [1.82, 2.24) is 9.55 Å². The van der Waals surface area contributed by atoms with Crippen molar-refractivity contribution in [1.29, 1.82) is 0 Å². The SMILES string of the molecule is COc1ccc2ncn(CC(C)N)c(=O)c2c1. The quantitative estimate of drug-likeness (QED) is 0.849. The number of aromatic nitrogens is 2. The van der Waals surface area contributed by atoms with Gasteiger partial charge in [0.1, 0.15) is 5.75 Å². The number of fused-ring (bicyclic) bond motifs is 1. The van der Waals surface area contributed by atoms with E-state index in [1.54, 1.807) is 25.3 Å². The minimum atomic E-state index is -0.0915. The van der Waals surface area contributed by atoms with E-state index in [0.29, 0.717) is 23.2 Å². The molecule has 5 heteroatoms. The Labute approximate surface area is 98.8 Å². The zero-order valence-electron chi connectivity index (χ0n) is 9.88. The molecule has 2 aromatic rings. The lowest BCUT2D eigenvalue weighted by molar-refractivity contribution is 0.415. The third-order valence-corrected chi connectivity index (χ3v) is 2.52. The van der Waals surface area contributed by atoms with Crippen molar-refractivity contribution in [2.45, 2.75) is 19.5 Å². The van der Waals surface area contributed by atoms with E-state index in [4.69, 9.17) is 10.5 Å². The number of rotatable bonds is 3. The number of hydrogen-bond donors (Lipinski definition) is 1. The number of nitrogens with zero attached hydrogens (tertiary/aromatic N) is 2. The Kier molecular flexibility index (Phi) is 3.10. The van der Waals surface area contributed by atoms with Gasteiger partial charge < -0.3 is 10.5 Å². The molecule has 0 saturated carbocycles. The van der Waals surface area contributed by atoms with E-state index in [0.717, 1.165) is 0 Å². The Morgan fingerprint density at radius 2 is 2.29 bits per heavy atom. The Morgan fingerprint density at radius 3 is 2.94 bits per heavy atom. The maximum Gasteiger partial charge on any atom is 0.261 e. The van der Waals surface area contributed by atoms with Gasteiger partial charge in [-0.05, 0) is 25.1 Å². The standard InChI is InChI=1S/C12H15N3O2/c1-8(13)6-15-7-14-11-4-3-9(17-2)5-10(11)12(15)16/h3-5,7-8H,6,13H2,1-2H3. The first kappa shape index (κ1) is 11.6. The van der Waals surface area contributed by atoms with Gasteiger partial charge in [-0.25, -0.2) is 4.98 Å². The van der Waals surface area contributed by atoms with Gasteiger partial charge >= 0.3 is 0 Å². The molecule has 0 saturated heterocycles. The summed E-state index contributed by atoms with van der Waals surface area (Å²) in [6.07, 6.45) is 1.53. The largest absolute Gasteiger partial charge is 0.497 e. The van der Waals surface area contributed by atoms with Gasteiger partial charge in [0.15, 0.2) is 0 Å². The summed E-state index contributed by atoms with van der Waals surface area (Å²) in [6, 6.07) is 5.16. The fraction of sp³-hybridized carbons (Fsp3) is 0.333. The molecule has 1 heterocycles. The summed E-state index contributed by atoms with van der Waals surface area (Å²) in [7, 11) is 1.57. The topological polar surface area (TPSA) is 70.1 Å². The fourth-order valence-electron chi connectivity index (χ4n) is 1.71. The van der Waals surface area contributed by atoms with Gasteiger partial charge in [-0.15, -0.1) is 0 Å². The lowest BCUT2D eigenvalue weighted by atomic mass is 10.2. The van der Waals surface area contributed by atoms with Gasteiger partial charge in [0, 0.05) is 12.6 Å². The highest BCUT2D eigenvalue weighted by atomic mass is 16.5. The van der Waals surface area contributed by atoms with Crippen molar-refractivity contribution in [2.24, 2.45) is 5.73 Å². The number of nitrogens with two attached hydrogens (primary N) is 1. The molecule has 90 valence electrons. The molecule has 2 rings (SSSR count). The highest BCUT2D eigenvalue weighted by molar-refractivity contribution is 5.78. The second-order valence-electron chi connectivity index (χ2n) is 4.06. The van der Waals surface area contributed by atoms with Crippen LogP contribution in [0.4, 0.5) is 0 Å². The van der Waals surface area contributed by atoms with Crippen molar-refractivity contribution < 1.29 is 4.74 Å². The van der Waals surface area contributed by atoms with Crippen molar-refractivity contribution in [3.05, 3.63) is 34.9 Å². The molecular weight excluding hydrogens is 218 g/mol. The van der Waals surface area contributed by atoms with Gasteiger partial charge in [-0.1, -0.05) is 0 Å². The zero-order chi connectivity index (χ0) is 12.4. The van der Waals surface area contributed by atoms with Crippen molar-refractivity contribution in [3.8, 4) is 5.75 Å². The van der Waals surface area contributed by atoms with Gasteiger partial charge in [0.25, 0.3) is 5.56 Å². The van der Waals surface area contributed by atoms with Crippen LogP contribution in [0.25, 0.3) is 10.9 Å². The highest BCUT2D eigenvalue weighted by Gasteiger charge is 2.06. The van der Waals surface area contributed by atoms with Crippen LogP contribution in [0.15, 0.2) is 29.3 Å². The molecule has 0 radical (unpaired) electrons. The van der Waals surface area contributed by atoms with Gasteiger partial charge in [0.2, 0.25) is 0 Å². The minimum absolute atomic E-state index is 0.0856. The maximum atomic E-state index is 12.1. The average Bonchev–Trinajstić information content (AvgIpc) is 2.32. The third-order valence-electron chi connectivity index (χ3n) is 2.52. The smallest absolute Gasteiger partial charge is 0.261 e. The van der Waals surface area contributed by atoms with Gasteiger partial charge in [0.05, 0.1) is 24.3 Å². The molecule has 1 atom stereocenters. The summed E-state index contributed by atoms with van der Waals surface area (Å²) in [5, 5.41) is 0.549. The first-order chi connectivity index (χ1) is 8.11. The molecule has 0 spiro atoms. The summed E-state index contributed by atoms with van der Waals surface area (Å²) in [4.78, 5) is 16.4. The van der Waals surface area contributed by atoms with Crippen LogP contribution in [0.1, 0.15) is 6.92 Å². The number of ether oxygens (including phenoxy) is 1. The van der Waals surface area contributed by atoms with Crippen LogP contribution in [-0.2, 0) is 6.54 Å². The van der Waals surface area contributed by atoms with E-state index >= 15 is 0 Å². The third kappa shape index (κ3) is 2.29. The normalized spacial score (nSPS) is 12.6. The van der Waals surface area contributed by atoms with Gasteiger partial charge in [-0.2, -0.15) is 0 Å². The summed E-state index contributed by atoms with van der Waals surface area (Å²) in [5.74, 6) is 0.648. The molecule has 0 bridgehead atoms. The molecule has 0 aliphatic rings. The predicted octanol–water partition coefficient (Wildman–Crippen LogP) is 0.752. The molecule has 0 fully saturated rings. The fourth-order valence-corrected chi connectivity index (χ4v) is 1.71. The molecular formula is C12H15N3O2. The van der Waals surface area contributed by atoms with Crippen molar-refractivity contribution in [2.75, 3.05) is 7.11 Å². The highest BCUT2D eigenvalue weighted by Crippen LogP contribution is 2.15. The first-order valence-electron chi connectivity index (χ1n) is 5.40. The Bertz CT molecular complexity index is 590. The Morgan fingerprint density at radius 1 is 1.53 bits per heavy atom. The molecule has 1 unspecified atom stereocenters. The summed E-state index contributed by atoms with van der Waals surface area (Å²) < 4.78 is 6.62. The zero-order valence-corrected chi connectivity index (χ0v) is 9.88. The van der Waals surface area contributed by atoms with Crippen LogP contribution in [0.5, 0.6) is 5.75 Å². The maximum absolute atomic E-state index is 12.1. The van der Waals surface area contributed by atoms with Crippen molar-refractivity contribution in [3.63, 3.8) is 0 Å². The second-order valence-corrected chi connectivity index (χ2v) is 4.06. The van der Waals surface area contributed by atoms with E-state index in [-0.39, 0.29) is 11.6 Å². The predicted molar refractivity (Wildman–Crippen MR) is 66.2 cm³/mol. The van der Waals surface area contributed by atoms with E-state index in [9.17, 15) is 4.79 Å². The lowest BCUT2D eigenvalue weighted by Gasteiger charge is -2.09. The molecule has 5 nitrogen and oxygen atoms in total. The Balaban J connectivity index is 2.60. The van der Waals surface area contributed by atoms with Crippen LogP contribution >= 0.6 is 0 Å². The van der Waals surface area contributed by atoms with E-state index in [1.165, 1.54) is 10.9 Å². The minimum Gasteiger partial charge on any atom is -0.497 e. The summed E-state index contributed by atoms with van der Waals surface area (Å²) in [5.41, 5.74) is 6.25. The number of benzene rings is 1. The summed E-state index contributed by atoms with van der Waals surface area (Å²) >= 11 is 0. The molecule has 2 N–H and O–H groups in total. The molecule has 0 aliphatic heterocycles. The molecule has 1 aromatic heterocycles. The molecule has 0 aliphatic carbocycles. The number of methoxy groups -OCH3 is 1. The molecule has 17 heavy (non-hydrogen) atoms. The average molecular weight is 233 g/mol. The lowest BCUT2D eigenvalue weighted by Crippen LogP contribution is -2.30. The van der Waals surface area contributed by atoms with E-state index in [2.05, 4.69) is 4.98 Å². The van der Waals surface area contributed by atoms with Crippen LogP contribution in [0.3, 0.4) is 0 Å². The van der Waals surface area contributed by atoms with Crippen molar-refractivity contribution >= 4 is 10.9 Å². The van der Waals surface area contributed by atoms with Crippen LogP contribution in [0, 0.1) is 0 Å². The van der Waals surface area contributed by atoms with E-state index < -0.39 is 0 Å². The monoisotopic (exact) mass is 233 g/mol. The molecule has 0 amide bonds. The number of hydrogen-bond acceptors (Lipinski definition) is 4. The first-order valence-corrected chi connectivity index (χ1v) is 5.40. The van der Waals surface area contributed by atoms with E-state index in [1.807, 2.05) is 6.92 Å². The Hall–Kier alpha value is -1.88.